The SMILES string of the molecule is COc1cccc(Cn2nccc2NC(=O)CCc2ccccc2F)c1OC. The third-order valence-electron chi connectivity index (χ3n) is 4.37. The zero-order valence-corrected chi connectivity index (χ0v) is 15.8. The number of aryl methyl sites for hydroxylation is 1. The molecule has 0 aliphatic carbocycles. The highest BCUT2D eigenvalue weighted by Crippen LogP contribution is 2.31. The number of hydrogen-bond donors (Lipinski definition) is 1. The summed E-state index contributed by atoms with van der Waals surface area (Å²) in [5, 5.41) is 7.11. The van der Waals surface area contributed by atoms with Gasteiger partial charge < -0.3 is 14.8 Å². The first-order chi connectivity index (χ1) is 13.6. The van der Waals surface area contributed by atoms with E-state index in [1.807, 2.05) is 18.2 Å². The molecule has 1 aromatic heterocycles. The second kappa shape index (κ2) is 9.03. The number of carbonyl (C=O) groups is 1. The summed E-state index contributed by atoms with van der Waals surface area (Å²) in [6.07, 6.45) is 2.12. The minimum atomic E-state index is -0.300. The Labute approximate surface area is 162 Å². The van der Waals surface area contributed by atoms with Gasteiger partial charge in [-0.3, -0.25) is 4.79 Å². The number of aromatic nitrogens is 2. The average molecular weight is 383 g/mol. The standard InChI is InChI=1S/C21H22FN3O3/c1-27-18-9-5-7-16(21(18)28-2)14-25-19(12-13-23-25)24-20(26)11-10-15-6-3-4-8-17(15)22/h3-9,12-13H,10-11,14H2,1-2H3,(H,24,26). The number of ether oxygens (including phenoxy) is 2. The monoisotopic (exact) mass is 383 g/mol. The highest BCUT2D eigenvalue weighted by molar-refractivity contribution is 5.90. The van der Waals surface area contributed by atoms with Crippen LogP contribution in [0.4, 0.5) is 10.2 Å². The van der Waals surface area contributed by atoms with E-state index in [0.29, 0.717) is 35.8 Å². The van der Waals surface area contributed by atoms with Crippen molar-refractivity contribution in [3.8, 4) is 11.5 Å². The number of nitrogens with one attached hydrogen (secondary N) is 1. The summed E-state index contributed by atoms with van der Waals surface area (Å²) in [7, 11) is 3.16. The molecular weight excluding hydrogens is 361 g/mol. The highest BCUT2D eigenvalue weighted by Gasteiger charge is 2.13. The second-order valence-corrected chi connectivity index (χ2v) is 6.17. The minimum absolute atomic E-state index is 0.175. The zero-order chi connectivity index (χ0) is 19.9. The molecule has 0 bridgehead atoms. The Kier molecular flexibility index (Phi) is 6.26. The van der Waals surface area contributed by atoms with Gasteiger partial charge in [-0.1, -0.05) is 30.3 Å². The summed E-state index contributed by atoms with van der Waals surface area (Å²) < 4.78 is 26.1. The summed E-state index contributed by atoms with van der Waals surface area (Å²) in [5.74, 6) is 1.30. The fourth-order valence-electron chi connectivity index (χ4n) is 2.96. The number of halogens is 1. The van der Waals surface area contributed by atoms with Crippen LogP contribution in [0.2, 0.25) is 0 Å². The van der Waals surface area contributed by atoms with Crippen LogP contribution < -0.4 is 14.8 Å². The summed E-state index contributed by atoms with van der Waals surface area (Å²) in [4.78, 5) is 12.3. The minimum Gasteiger partial charge on any atom is -0.493 e. The molecule has 0 fully saturated rings. The van der Waals surface area contributed by atoms with Crippen LogP contribution in [0.25, 0.3) is 0 Å². The van der Waals surface area contributed by atoms with Crippen molar-refractivity contribution in [1.29, 1.82) is 0 Å². The number of methoxy groups -OCH3 is 2. The summed E-state index contributed by atoms with van der Waals surface area (Å²) >= 11 is 0. The van der Waals surface area contributed by atoms with Crippen molar-refractivity contribution >= 4 is 11.7 Å². The Balaban J connectivity index is 1.67. The van der Waals surface area contributed by atoms with Gasteiger partial charge in [-0.15, -0.1) is 0 Å². The predicted molar refractivity (Wildman–Crippen MR) is 104 cm³/mol. The van der Waals surface area contributed by atoms with Gasteiger partial charge in [0, 0.05) is 18.1 Å². The molecule has 0 unspecified atom stereocenters. The average Bonchev–Trinajstić information content (AvgIpc) is 3.13. The Morgan fingerprint density at radius 1 is 1.07 bits per heavy atom. The molecule has 0 radical (unpaired) electrons. The molecule has 0 aliphatic heterocycles. The molecule has 0 saturated heterocycles. The van der Waals surface area contributed by atoms with Gasteiger partial charge in [0.1, 0.15) is 11.6 Å². The molecule has 146 valence electrons. The lowest BCUT2D eigenvalue weighted by Gasteiger charge is -2.14. The van der Waals surface area contributed by atoms with Crippen LogP contribution in [0.1, 0.15) is 17.5 Å². The lowest BCUT2D eigenvalue weighted by atomic mass is 10.1. The van der Waals surface area contributed by atoms with Gasteiger partial charge in [0.15, 0.2) is 11.5 Å². The zero-order valence-electron chi connectivity index (χ0n) is 15.8. The van der Waals surface area contributed by atoms with E-state index in [0.717, 1.165) is 5.56 Å². The quantitative estimate of drug-likeness (QED) is 0.645. The van der Waals surface area contributed by atoms with Gasteiger partial charge in [-0.25, -0.2) is 9.07 Å². The van der Waals surface area contributed by atoms with Crippen LogP contribution in [0.3, 0.4) is 0 Å². The fourth-order valence-corrected chi connectivity index (χ4v) is 2.96. The smallest absolute Gasteiger partial charge is 0.225 e. The largest absolute Gasteiger partial charge is 0.493 e. The predicted octanol–water partition coefficient (Wildman–Crippen LogP) is 3.66. The first-order valence-electron chi connectivity index (χ1n) is 8.87. The van der Waals surface area contributed by atoms with E-state index in [4.69, 9.17) is 9.47 Å². The van der Waals surface area contributed by atoms with Crippen LogP contribution in [-0.2, 0) is 17.8 Å². The molecule has 0 saturated carbocycles. The number of rotatable bonds is 8. The van der Waals surface area contributed by atoms with E-state index in [1.165, 1.54) is 6.07 Å². The van der Waals surface area contributed by atoms with Crippen molar-refractivity contribution < 1.29 is 18.7 Å². The number of benzene rings is 2. The second-order valence-electron chi connectivity index (χ2n) is 6.17. The first kappa shape index (κ1) is 19.4. The molecule has 0 atom stereocenters. The van der Waals surface area contributed by atoms with Crippen molar-refractivity contribution in [2.24, 2.45) is 0 Å². The molecule has 1 amide bonds. The van der Waals surface area contributed by atoms with Crippen LogP contribution in [0.5, 0.6) is 11.5 Å². The lowest BCUT2D eigenvalue weighted by Crippen LogP contribution is -2.17. The molecular formula is C21H22FN3O3. The number of anilines is 1. The molecule has 1 heterocycles. The maximum Gasteiger partial charge on any atom is 0.225 e. The van der Waals surface area contributed by atoms with E-state index in [1.54, 1.807) is 49.4 Å². The Morgan fingerprint density at radius 3 is 2.61 bits per heavy atom. The van der Waals surface area contributed by atoms with Crippen LogP contribution in [0.15, 0.2) is 54.7 Å². The molecule has 2 aromatic carbocycles. The normalized spacial score (nSPS) is 10.5. The van der Waals surface area contributed by atoms with Gasteiger partial charge in [0.05, 0.1) is 27.0 Å². The Bertz CT molecular complexity index is 956. The number of para-hydroxylation sites is 1. The van der Waals surface area contributed by atoms with E-state index in [2.05, 4.69) is 10.4 Å². The van der Waals surface area contributed by atoms with Crippen LogP contribution >= 0.6 is 0 Å². The third kappa shape index (κ3) is 4.49. The lowest BCUT2D eigenvalue weighted by molar-refractivity contribution is -0.116. The van der Waals surface area contributed by atoms with Gasteiger partial charge >= 0.3 is 0 Å². The van der Waals surface area contributed by atoms with Crippen LogP contribution in [0, 0.1) is 5.82 Å². The van der Waals surface area contributed by atoms with E-state index < -0.39 is 0 Å². The van der Waals surface area contributed by atoms with Crippen molar-refractivity contribution in [2.75, 3.05) is 19.5 Å². The van der Waals surface area contributed by atoms with Crippen molar-refractivity contribution in [3.63, 3.8) is 0 Å². The number of amides is 1. The topological polar surface area (TPSA) is 65.4 Å². The van der Waals surface area contributed by atoms with Crippen molar-refractivity contribution in [1.82, 2.24) is 9.78 Å². The molecule has 7 heteroatoms. The summed E-state index contributed by atoms with van der Waals surface area (Å²) in [5.41, 5.74) is 1.39. The third-order valence-corrected chi connectivity index (χ3v) is 4.37. The number of nitrogens with zero attached hydrogens (tertiary/aromatic N) is 2. The van der Waals surface area contributed by atoms with Gasteiger partial charge in [-0.05, 0) is 24.1 Å². The summed E-state index contributed by atoms with van der Waals surface area (Å²) in [6, 6.07) is 13.8. The highest BCUT2D eigenvalue weighted by atomic mass is 19.1. The van der Waals surface area contributed by atoms with Gasteiger partial charge in [0.2, 0.25) is 5.91 Å². The number of hydrogen-bond acceptors (Lipinski definition) is 4. The van der Waals surface area contributed by atoms with Crippen LogP contribution in [-0.4, -0.2) is 29.9 Å². The first-order valence-corrected chi connectivity index (χ1v) is 8.87. The molecule has 0 aliphatic rings. The van der Waals surface area contributed by atoms with E-state index in [9.17, 15) is 9.18 Å². The summed E-state index contributed by atoms with van der Waals surface area (Å²) in [6.45, 7) is 0.399. The Morgan fingerprint density at radius 2 is 1.86 bits per heavy atom. The maximum atomic E-state index is 13.7. The molecule has 3 aromatic rings. The molecule has 6 nitrogen and oxygen atoms in total. The number of carbonyl (C=O) groups excluding carboxylic acids is 1. The fraction of sp³-hybridized carbons (Fsp3) is 0.238. The maximum absolute atomic E-state index is 13.7. The van der Waals surface area contributed by atoms with Gasteiger partial charge in [0.25, 0.3) is 0 Å². The van der Waals surface area contributed by atoms with Crippen molar-refractivity contribution in [3.05, 3.63) is 71.7 Å². The van der Waals surface area contributed by atoms with E-state index >= 15 is 0 Å². The molecule has 0 spiro atoms. The van der Waals surface area contributed by atoms with Crippen molar-refractivity contribution in [2.45, 2.75) is 19.4 Å². The molecule has 3 rings (SSSR count). The van der Waals surface area contributed by atoms with E-state index in [-0.39, 0.29) is 18.1 Å². The Hall–Kier alpha value is -3.35. The molecule has 28 heavy (non-hydrogen) atoms. The van der Waals surface area contributed by atoms with Gasteiger partial charge in [-0.2, -0.15) is 5.10 Å². The molecule has 1 N–H and O–H groups in total.